The minimum absolute atomic E-state index is 0.0104. The van der Waals surface area contributed by atoms with Gasteiger partial charge in [0.15, 0.2) is 0 Å². The zero-order valence-electron chi connectivity index (χ0n) is 10.3. The molecule has 5 heteroatoms. The molecule has 0 fully saturated rings. The lowest BCUT2D eigenvalue weighted by atomic mass is 9.94. The van der Waals surface area contributed by atoms with E-state index in [2.05, 4.69) is 0 Å². The van der Waals surface area contributed by atoms with Gasteiger partial charge in [-0.3, -0.25) is 0 Å². The third kappa shape index (κ3) is 2.14. The van der Waals surface area contributed by atoms with Gasteiger partial charge in [-0.25, -0.2) is 13.2 Å². The van der Waals surface area contributed by atoms with Crippen LogP contribution < -0.4 is 4.74 Å². The summed E-state index contributed by atoms with van der Waals surface area (Å²) < 4.78 is 46.1. The van der Waals surface area contributed by atoms with Crippen molar-refractivity contribution in [3.8, 4) is 5.75 Å². The summed E-state index contributed by atoms with van der Waals surface area (Å²) in [5.74, 6) is -1.92. The monoisotopic (exact) mass is 280 g/mol. The molecule has 0 bridgehead atoms. The van der Waals surface area contributed by atoms with Crippen molar-refractivity contribution in [2.24, 2.45) is 0 Å². The average Bonchev–Trinajstić information content (AvgIpc) is 2.38. The Labute approximate surface area is 113 Å². The van der Waals surface area contributed by atoms with Gasteiger partial charge in [0.2, 0.25) is 0 Å². The Kier molecular flexibility index (Phi) is 3.14. The number of hydrogen-bond acceptors (Lipinski definition) is 2. The van der Waals surface area contributed by atoms with Gasteiger partial charge in [0, 0.05) is 18.1 Å². The molecule has 1 heterocycles. The van der Waals surface area contributed by atoms with Crippen LogP contribution in [0.3, 0.4) is 0 Å². The highest BCUT2D eigenvalue weighted by molar-refractivity contribution is 5.39. The molecule has 1 unspecified atom stereocenters. The largest absolute Gasteiger partial charge is 0.485 e. The van der Waals surface area contributed by atoms with Crippen molar-refractivity contribution in [1.29, 1.82) is 0 Å². The molecule has 3 rings (SSSR count). The Morgan fingerprint density at radius 1 is 1.05 bits per heavy atom. The molecular formula is C15H11F3O2. The molecule has 0 spiro atoms. The van der Waals surface area contributed by atoms with Crippen molar-refractivity contribution in [3.05, 3.63) is 65.0 Å². The van der Waals surface area contributed by atoms with Crippen molar-refractivity contribution in [2.45, 2.75) is 18.6 Å². The zero-order valence-corrected chi connectivity index (χ0v) is 10.3. The number of fused-ring (bicyclic) bond motifs is 1. The molecule has 0 saturated heterocycles. The van der Waals surface area contributed by atoms with Gasteiger partial charge in [-0.1, -0.05) is 6.07 Å². The summed E-state index contributed by atoms with van der Waals surface area (Å²) in [5.41, 5.74) is 0.167. The van der Waals surface area contributed by atoms with E-state index in [1.807, 2.05) is 0 Å². The van der Waals surface area contributed by atoms with Crippen LogP contribution in [0.25, 0.3) is 0 Å². The normalized spacial score (nSPS) is 21.2. The topological polar surface area (TPSA) is 29.5 Å². The average molecular weight is 280 g/mol. The van der Waals surface area contributed by atoms with Crippen molar-refractivity contribution < 1.29 is 23.0 Å². The summed E-state index contributed by atoms with van der Waals surface area (Å²) in [4.78, 5) is 0. The quantitative estimate of drug-likeness (QED) is 0.863. The standard InChI is InChI=1S/C15H11F3O2/c16-8-4-5-9-12(19)7-14(20-13(9)6-8)15-10(17)2-1-3-11(15)18/h1-6,12,14,19H,7H2/t12-,14?/m1/s1. The summed E-state index contributed by atoms with van der Waals surface area (Å²) in [7, 11) is 0. The molecule has 2 aromatic rings. The van der Waals surface area contributed by atoms with E-state index in [9.17, 15) is 18.3 Å². The van der Waals surface area contributed by atoms with Crippen molar-refractivity contribution in [2.75, 3.05) is 0 Å². The fraction of sp³-hybridized carbons (Fsp3) is 0.200. The highest BCUT2D eigenvalue weighted by Crippen LogP contribution is 2.42. The molecule has 20 heavy (non-hydrogen) atoms. The fourth-order valence-electron chi connectivity index (χ4n) is 2.41. The van der Waals surface area contributed by atoms with Gasteiger partial charge in [0.25, 0.3) is 0 Å². The predicted octanol–water partition coefficient (Wildman–Crippen LogP) is 3.66. The first kappa shape index (κ1) is 13.0. The van der Waals surface area contributed by atoms with E-state index < -0.39 is 29.7 Å². The van der Waals surface area contributed by atoms with Gasteiger partial charge >= 0.3 is 0 Å². The van der Waals surface area contributed by atoms with E-state index >= 15 is 0 Å². The maximum absolute atomic E-state index is 13.7. The molecule has 1 aliphatic rings. The second-order valence-corrected chi connectivity index (χ2v) is 4.68. The Balaban J connectivity index is 2.03. The summed E-state index contributed by atoms with van der Waals surface area (Å²) in [5, 5.41) is 10.0. The van der Waals surface area contributed by atoms with E-state index in [1.165, 1.54) is 18.2 Å². The molecule has 2 nitrogen and oxygen atoms in total. The summed E-state index contributed by atoms with van der Waals surface area (Å²) in [6.07, 6.45) is -1.93. The summed E-state index contributed by atoms with van der Waals surface area (Å²) in [6.45, 7) is 0. The van der Waals surface area contributed by atoms with Gasteiger partial charge in [0.05, 0.1) is 11.7 Å². The number of rotatable bonds is 1. The third-order valence-corrected chi connectivity index (χ3v) is 3.36. The van der Waals surface area contributed by atoms with Crippen molar-refractivity contribution >= 4 is 0 Å². The predicted molar refractivity (Wildman–Crippen MR) is 65.7 cm³/mol. The van der Waals surface area contributed by atoms with Gasteiger partial charge in [-0.2, -0.15) is 0 Å². The van der Waals surface area contributed by atoms with Crippen LogP contribution in [0.15, 0.2) is 36.4 Å². The molecule has 0 radical (unpaired) electrons. The second-order valence-electron chi connectivity index (χ2n) is 4.68. The summed E-state index contributed by atoms with van der Waals surface area (Å²) in [6, 6.07) is 7.20. The Morgan fingerprint density at radius 2 is 1.75 bits per heavy atom. The highest BCUT2D eigenvalue weighted by atomic mass is 19.1. The lowest BCUT2D eigenvalue weighted by Gasteiger charge is -2.30. The first-order valence-corrected chi connectivity index (χ1v) is 6.14. The Bertz CT molecular complexity index is 637. The number of halogens is 3. The maximum Gasteiger partial charge on any atom is 0.133 e. The van der Waals surface area contributed by atoms with Crippen LogP contribution in [-0.2, 0) is 0 Å². The molecule has 2 atom stereocenters. The molecular weight excluding hydrogens is 269 g/mol. The van der Waals surface area contributed by atoms with Crippen LogP contribution in [0.2, 0.25) is 0 Å². The van der Waals surface area contributed by atoms with E-state index in [-0.39, 0.29) is 17.7 Å². The third-order valence-electron chi connectivity index (χ3n) is 3.36. The first-order valence-electron chi connectivity index (χ1n) is 6.14. The van der Waals surface area contributed by atoms with Crippen molar-refractivity contribution in [1.82, 2.24) is 0 Å². The molecule has 2 aromatic carbocycles. The smallest absolute Gasteiger partial charge is 0.133 e. The maximum atomic E-state index is 13.7. The Morgan fingerprint density at radius 3 is 2.45 bits per heavy atom. The molecule has 1 N–H and O–H groups in total. The number of benzene rings is 2. The van der Waals surface area contributed by atoms with Crippen molar-refractivity contribution in [3.63, 3.8) is 0 Å². The van der Waals surface area contributed by atoms with E-state index in [1.54, 1.807) is 0 Å². The summed E-state index contributed by atoms with van der Waals surface area (Å²) >= 11 is 0. The fourth-order valence-corrected chi connectivity index (χ4v) is 2.41. The minimum Gasteiger partial charge on any atom is -0.485 e. The van der Waals surface area contributed by atoms with Gasteiger partial charge in [0.1, 0.15) is 29.3 Å². The van der Waals surface area contributed by atoms with Crippen LogP contribution in [0.4, 0.5) is 13.2 Å². The van der Waals surface area contributed by atoms with Gasteiger partial charge in [-0.15, -0.1) is 0 Å². The lowest BCUT2D eigenvalue weighted by molar-refractivity contribution is 0.0618. The van der Waals surface area contributed by atoms with Crippen LogP contribution in [0.1, 0.15) is 29.8 Å². The molecule has 0 aromatic heterocycles. The Hall–Kier alpha value is -2.01. The molecule has 104 valence electrons. The minimum atomic E-state index is -0.986. The lowest BCUT2D eigenvalue weighted by Crippen LogP contribution is -2.21. The van der Waals surface area contributed by atoms with Gasteiger partial charge in [-0.05, 0) is 24.3 Å². The molecule has 0 saturated carbocycles. The second kappa shape index (κ2) is 4.83. The van der Waals surface area contributed by atoms with Crippen LogP contribution in [0, 0.1) is 17.5 Å². The van der Waals surface area contributed by atoms with Gasteiger partial charge < -0.3 is 9.84 Å². The first-order chi connectivity index (χ1) is 9.56. The van der Waals surface area contributed by atoms with Crippen LogP contribution in [-0.4, -0.2) is 5.11 Å². The van der Waals surface area contributed by atoms with E-state index in [0.717, 1.165) is 18.2 Å². The SMILES string of the molecule is O[C@@H]1CC(c2c(F)cccc2F)Oc2cc(F)ccc21. The van der Waals surface area contributed by atoms with E-state index in [4.69, 9.17) is 4.74 Å². The van der Waals surface area contributed by atoms with Crippen LogP contribution in [0.5, 0.6) is 5.75 Å². The van der Waals surface area contributed by atoms with Crippen LogP contribution >= 0.6 is 0 Å². The number of hydrogen-bond donors (Lipinski definition) is 1. The number of aliphatic hydroxyl groups excluding tert-OH is 1. The number of ether oxygens (including phenoxy) is 1. The zero-order chi connectivity index (χ0) is 14.3. The molecule has 0 amide bonds. The van der Waals surface area contributed by atoms with E-state index in [0.29, 0.717) is 5.56 Å². The highest BCUT2D eigenvalue weighted by Gasteiger charge is 2.31. The molecule has 1 aliphatic heterocycles. The number of aliphatic hydroxyl groups is 1. The molecule has 0 aliphatic carbocycles.